The molecule has 0 fully saturated rings. The Morgan fingerprint density at radius 3 is 2.70 bits per heavy atom. The molecule has 3 aromatic rings. The normalized spacial score (nSPS) is 16.0. The average molecular weight is 371 g/mol. The first-order valence-corrected chi connectivity index (χ1v) is 8.53. The summed E-state index contributed by atoms with van der Waals surface area (Å²) in [5.41, 5.74) is 0.636. The van der Waals surface area contributed by atoms with Crippen molar-refractivity contribution in [2.75, 3.05) is 0 Å². The number of halogens is 3. The zero-order chi connectivity index (χ0) is 19.0. The van der Waals surface area contributed by atoms with Crippen LogP contribution in [-0.2, 0) is 23.9 Å². The van der Waals surface area contributed by atoms with Crippen molar-refractivity contribution in [1.82, 2.24) is 5.32 Å². The second-order valence-corrected chi connectivity index (χ2v) is 6.49. The minimum Gasteiger partial charge on any atom is -0.480 e. The summed E-state index contributed by atoms with van der Waals surface area (Å²) in [5.74, 6) is 0.334. The third-order valence-corrected chi connectivity index (χ3v) is 4.67. The molecule has 0 saturated carbocycles. The van der Waals surface area contributed by atoms with Crippen LogP contribution >= 0.6 is 0 Å². The Morgan fingerprint density at radius 1 is 1.07 bits per heavy atom. The summed E-state index contributed by atoms with van der Waals surface area (Å²) in [6, 6.07) is 16.6. The van der Waals surface area contributed by atoms with Gasteiger partial charge in [0, 0.05) is 18.5 Å². The standard InChI is InChI=1S/C21H16F3NO2/c22-21(23,24)15-6-3-4-13(10-15)12-25-20(26)19-11-17-16-7-2-1-5-14(16)8-9-18(17)27-19/h1-10,19H,11-12H2,(H,25,26). The third kappa shape index (κ3) is 3.47. The van der Waals surface area contributed by atoms with Crippen LogP contribution in [-0.4, -0.2) is 12.0 Å². The topological polar surface area (TPSA) is 38.3 Å². The molecule has 0 aliphatic carbocycles. The van der Waals surface area contributed by atoms with Gasteiger partial charge in [0.25, 0.3) is 5.91 Å². The summed E-state index contributed by atoms with van der Waals surface area (Å²) in [5, 5.41) is 4.79. The van der Waals surface area contributed by atoms with Crippen LogP contribution in [0.15, 0.2) is 60.7 Å². The van der Waals surface area contributed by atoms with E-state index in [4.69, 9.17) is 4.74 Å². The number of nitrogens with one attached hydrogen (secondary N) is 1. The maximum atomic E-state index is 12.8. The zero-order valence-electron chi connectivity index (χ0n) is 14.2. The van der Waals surface area contributed by atoms with Crippen molar-refractivity contribution >= 4 is 16.7 Å². The van der Waals surface area contributed by atoms with Crippen molar-refractivity contribution in [3.8, 4) is 5.75 Å². The predicted octanol–water partition coefficient (Wildman–Crippen LogP) is 4.48. The summed E-state index contributed by atoms with van der Waals surface area (Å²) in [6.07, 6.45) is -4.65. The molecule has 3 nitrogen and oxygen atoms in total. The Kier molecular flexibility index (Phi) is 4.26. The minimum atomic E-state index is -4.41. The van der Waals surface area contributed by atoms with Gasteiger partial charge in [0.15, 0.2) is 6.10 Å². The monoisotopic (exact) mass is 371 g/mol. The van der Waals surface area contributed by atoms with E-state index in [9.17, 15) is 18.0 Å². The van der Waals surface area contributed by atoms with Gasteiger partial charge in [0.2, 0.25) is 0 Å². The number of carbonyl (C=O) groups is 1. The van der Waals surface area contributed by atoms with Crippen molar-refractivity contribution < 1.29 is 22.7 Å². The summed E-state index contributed by atoms with van der Waals surface area (Å²) >= 11 is 0. The van der Waals surface area contributed by atoms with Crippen LogP contribution in [0.3, 0.4) is 0 Å². The van der Waals surface area contributed by atoms with E-state index in [2.05, 4.69) is 5.32 Å². The van der Waals surface area contributed by atoms with Gasteiger partial charge in [-0.1, -0.05) is 42.5 Å². The lowest BCUT2D eigenvalue weighted by Gasteiger charge is -2.12. The van der Waals surface area contributed by atoms with Crippen LogP contribution < -0.4 is 10.1 Å². The van der Waals surface area contributed by atoms with Crippen molar-refractivity contribution in [3.63, 3.8) is 0 Å². The van der Waals surface area contributed by atoms with Gasteiger partial charge < -0.3 is 10.1 Å². The third-order valence-electron chi connectivity index (χ3n) is 4.67. The molecular weight excluding hydrogens is 355 g/mol. The van der Waals surface area contributed by atoms with Crippen LogP contribution in [0.4, 0.5) is 13.2 Å². The van der Waals surface area contributed by atoms with E-state index in [-0.39, 0.29) is 12.5 Å². The largest absolute Gasteiger partial charge is 0.480 e. The van der Waals surface area contributed by atoms with E-state index in [1.807, 2.05) is 36.4 Å². The van der Waals surface area contributed by atoms with Gasteiger partial charge in [-0.3, -0.25) is 4.79 Å². The summed E-state index contributed by atoms with van der Waals surface area (Å²) in [4.78, 5) is 12.4. The van der Waals surface area contributed by atoms with Gasteiger partial charge in [-0.15, -0.1) is 0 Å². The fourth-order valence-electron chi connectivity index (χ4n) is 3.32. The molecule has 1 amide bonds. The molecule has 0 spiro atoms. The lowest BCUT2D eigenvalue weighted by Crippen LogP contribution is -2.37. The van der Waals surface area contributed by atoms with E-state index >= 15 is 0 Å². The minimum absolute atomic E-state index is 0.0136. The van der Waals surface area contributed by atoms with Crippen molar-refractivity contribution in [2.45, 2.75) is 25.2 Å². The molecule has 1 unspecified atom stereocenters. The fraction of sp³-hybridized carbons (Fsp3) is 0.190. The first-order chi connectivity index (χ1) is 12.9. The average Bonchev–Trinajstić information content (AvgIpc) is 3.10. The second-order valence-electron chi connectivity index (χ2n) is 6.49. The van der Waals surface area contributed by atoms with Crippen LogP contribution in [0.25, 0.3) is 10.8 Å². The maximum absolute atomic E-state index is 12.8. The molecule has 0 radical (unpaired) electrons. The van der Waals surface area contributed by atoms with E-state index in [1.165, 1.54) is 6.07 Å². The lowest BCUT2D eigenvalue weighted by atomic mass is 10.0. The Morgan fingerprint density at radius 2 is 1.89 bits per heavy atom. The molecule has 0 saturated heterocycles. The van der Waals surface area contributed by atoms with Crippen molar-refractivity contribution in [2.24, 2.45) is 0 Å². The number of ether oxygens (including phenoxy) is 1. The van der Waals surface area contributed by atoms with Gasteiger partial charge in [0.1, 0.15) is 5.75 Å². The molecule has 0 aromatic heterocycles. The summed E-state index contributed by atoms with van der Waals surface area (Å²) in [6.45, 7) is 0.0136. The molecule has 1 N–H and O–H groups in total. The summed E-state index contributed by atoms with van der Waals surface area (Å²) in [7, 11) is 0. The fourth-order valence-corrected chi connectivity index (χ4v) is 3.32. The molecule has 1 atom stereocenters. The molecular formula is C21H16F3NO2. The maximum Gasteiger partial charge on any atom is 0.416 e. The molecule has 1 aliphatic rings. The molecule has 0 bridgehead atoms. The number of hydrogen-bond acceptors (Lipinski definition) is 2. The molecule has 3 aromatic carbocycles. The highest BCUT2D eigenvalue weighted by molar-refractivity contribution is 5.90. The molecule has 6 heteroatoms. The number of benzene rings is 3. The SMILES string of the molecule is O=C(NCc1cccc(C(F)(F)F)c1)C1Cc2c(ccc3ccccc23)O1. The first kappa shape index (κ1) is 17.4. The lowest BCUT2D eigenvalue weighted by molar-refractivity contribution is -0.137. The van der Waals surface area contributed by atoms with Crippen LogP contribution in [0.2, 0.25) is 0 Å². The number of hydrogen-bond donors (Lipinski definition) is 1. The van der Waals surface area contributed by atoms with Crippen molar-refractivity contribution in [3.05, 3.63) is 77.4 Å². The van der Waals surface area contributed by atoms with Gasteiger partial charge >= 0.3 is 6.18 Å². The van der Waals surface area contributed by atoms with Gasteiger partial charge in [-0.05, 0) is 34.5 Å². The Balaban J connectivity index is 1.45. The Hall–Kier alpha value is -3.02. The molecule has 138 valence electrons. The smallest absolute Gasteiger partial charge is 0.416 e. The second kappa shape index (κ2) is 6.61. The van der Waals surface area contributed by atoms with Gasteiger partial charge in [-0.2, -0.15) is 13.2 Å². The molecule has 27 heavy (non-hydrogen) atoms. The number of fused-ring (bicyclic) bond motifs is 3. The Labute approximate surface area is 153 Å². The number of alkyl halides is 3. The van der Waals surface area contributed by atoms with Crippen molar-refractivity contribution in [1.29, 1.82) is 0 Å². The van der Waals surface area contributed by atoms with E-state index < -0.39 is 17.8 Å². The quantitative estimate of drug-likeness (QED) is 0.737. The molecule has 4 rings (SSSR count). The van der Waals surface area contributed by atoms with Crippen LogP contribution in [0.5, 0.6) is 5.75 Å². The number of rotatable bonds is 3. The predicted molar refractivity (Wildman–Crippen MR) is 95.4 cm³/mol. The first-order valence-electron chi connectivity index (χ1n) is 8.53. The highest BCUT2D eigenvalue weighted by Gasteiger charge is 2.31. The highest BCUT2D eigenvalue weighted by atomic mass is 19.4. The number of amides is 1. The van der Waals surface area contributed by atoms with Gasteiger partial charge in [-0.25, -0.2) is 0 Å². The molecule has 1 heterocycles. The van der Waals surface area contributed by atoms with Crippen LogP contribution in [0, 0.1) is 0 Å². The Bertz CT molecular complexity index is 1010. The highest BCUT2D eigenvalue weighted by Crippen LogP contribution is 2.35. The summed E-state index contributed by atoms with van der Waals surface area (Å²) < 4.78 is 44.1. The molecule has 1 aliphatic heterocycles. The van der Waals surface area contributed by atoms with E-state index in [1.54, 1.807) is 6.07 Å². The number of carbonyl (C=O) groups excluding carboxylic acids is 1. The van der Waals surface area contributed by atoms with Crippen LogP contribution in [0.1, 0.15) is 16.7 Å². The van der Waals surface area contributed by atoms with Gasteiger partial charge in [0.05, 0.1) is 5.56 Å². The van der Waals surface area contributed by atoms with E-state index in [0.717, 1.165) is 28.5 Å². The van der Waals surface area contributed by atoms with E-state index in [0.29, 0.717) is 17.7 Å². The zero-order valence-corrected chi connectivity index (χ0v) is 14.2.